The van der Waals surface area contributed by atoms with Crippen molar-refractivity contribution in [2.45, 2.75) is 19.4 Å². The SMILES string of the molecule is Cc1ccc(N(C)C)cc1C1CCN1. The smallest absolute Gasteiger partial charge is 0.0364 e. The van der Waals surface area contributed by atoms with Crippen LogP contribution < -0.4 is 10.2 Å². The number of rotatable bonds is 2. The Bertz CT molecular complexity index is 327. The zero-order chi connectivity index (χ0) is 10.1. The van der Waals surface area contributed by atoms with E-state index in [1.54, 1.807) is 0 Å². The van der Waals surface area contributed by atoms with Gasteiger partial charge in [-0.3, -0.25) is 0 Å². The first kappa shape index (κ1) is 9.53. The van der Waals surface area contributed by atoms with E-state index in [9.17, 15) is 0 Å². The molecule has 0 amide bonds. The predicted molar refractivity (Wildman–Crippen MR) is 60.9 cm³/mol. The molecule has 1 aliphatic rings. The van der Waals surface area contributed by atoms with Gasteiger partial charge in [0.05, 0.1) is 0 Å². The fourth-order valence-electron chi connectivity index (χ4n) is 1.84. The molecule has 2 nitrogen and oxygen atoms in total. The van der Waals surface area contributed by atoms with Crippen molar-refractivity contribution in [3.8, 4) is 0 Å². The molecular formula is C12H18N2. The van der Waals surface area contributed by atoms with E-state index in [2.05, 4.69) is 49.4 Å². The second kappa shape index (κ2) is 3.62. The Hall–Kier alpha value is -1.02. The Kier molecular flexibility index (Phi) is 2.46. The van der Waals surface area contributed by atoms with Crippen molar-refractivity contribution in [2.75, 3.05) is 25.5 Å². The van der Waals surface area contributed by atoms with Crippen molar-refractivity contribution in [2.24, 2.45) is 0 Å². The molecule has 1 aromatic rings. The molecule has 2 rings (SSSR count). The van der Waals surface area contributed by atoms with Crippen LogP contribution >= 0.6 is 0 Å². The van der Waals surface area contributed by atoms with Gasteiger partial charge < -0.3 is 10.2 Å². The summed E-state index contributed by atoms with van der Waals surface area (Å²) in [4.78, 5) is 2.15. The summed E-state index contributed by atoms with van der Waals surface area (Å²) in [5.74, 6) is 0. The normalized spacial score (nSPS) is 20.4. The van der Waals surface area contributed by atoms with Crippen molar-refractivity contribution in [1.29, 1.82) is 0 Å². The maximum Gasteiger partial charge on any atom is 0.0364 e. The van der Waals surface area contributed by atoms with Gasteiger partial charge in [0, 0.05) is 25.8 Å². The Morgan fingerprint density at radius 1 is 1.36 bits per heavy atom. The molecule has 1 fully saturated rings. The first-order valence-electron chi connectivity index (χ1n) is 5.20. The van der Waals surface area contributed by atoms with Gasteiger partial charge in [-0.15, -0.1) is 0 Å². The van der Waals surface area contributed by atoms with Gasteiger partial charge in [0.2, 0.25) is 0 Å². The van der Waals surface area contributed by atoms with Crippen molar-refractivity contribution in [1.82, 2.24) is 5.32 Å². The predicted octanol–water partition coefficient (Wildman–Crippen LogP) is 2.10. The van der Waals surface area contributed by atoms with E-state index in [0.29, 0.717) is 6.04 Å². The highest BCUT2D eigenvalue weighted by atomic mass is 15.1. The van der Waals surface area contributed by atoms with Gasteiger partial charge in [-0.05, 0) is 43.1 Å². The van der Waals surface area contributed by atoms with E-state index in [-0.39, 0.29) is 0 Å². The molecule has 1 saturated heterocycles. The van der Waals surface area contributed by atoms with E-state index in [1.165, 1.54) is 23.2 Å². The lowest BCUT2D eigenvalue weighted by molar-refractivity contribution is 0.382. The van der Waals surface area contributed by atoms with Gasteiger partial charge in [0.15, 0.2) is 0 Å². The molecule has 0 aliphatic carbocycles. The summed E-state index contributed by atoms with van der Waals surface area (Å²) in [6.07, 6.45) is 1.28. The monoisotopic (exact) mass is 190 g/mol. The summed E-state index contributed by atoms with van der Waals surface area (Å²) in [6.45, 7) is 3.35. The van der Waals surface area contributed by atoms with Gasteiger partial charge in [0.1, 0.15) is 0 Å². The summed E-state index contributed by atoms with van der Waals surface area (Å²) < 4.78 is 0. The van der Waals surface area contributed by atoms with Gasteiger partial charge in [0.25, 0.3) is 0 Å². The largest absolute Gasteiger partial charge is 0.378 e. The minimum Gasteiger partial charge on any atom is -0.378 e. The zero-order valence-electron chi connectivity index (χ0n) is 9.17. The van der Waals surface area contributed by atoms with E-state index in [0.717, 1.165) is 6.54 Å². The Morgan fingerprint density at radius 3 is 2.57 bits per heavy atom. The summed E-state index contributed by atoms with van der Waals surface area (Å²) in [5, 5.41) is 3.45. The lowest BCUT2D eigenvalue weighted by Crippen LogP contribution is -2.35. The topological polar surface area (TPSA) is 15.3 Å². The van der Waals surface area contributed by atoms with Crippen LogP contribution in [-0.2, 0) is 0 Å². The van der Waals surface area contributed by atoms with Crippen molar-refractivity contribution in [3.05, 3.63) is 29.3 Å². The van der Waals surface area contributed by atoms with Crippen LogP contribution in [0.25, 0.3) is 0 Å². The second-order valence-corrected chi connectivity index (χ2v) is 4.23. The van der Waals surface area contributed by atoms with Gasteiger partial charge in [-0.1, -0.05) is 6.07 Å². The number of hydrogen-bond donors (Lipinski definition) is 1. The quantitative estimate of drug-likeness (QED) is 0.768. The Balaban J connectivity index is 2.31. The molecular weight excluding hydrogens is 172 g/mol. The van der Waals surface area contributed by atoms with Crippen molar-refractivity contribution < 1.29 is 0 Å². The number of benzene rings is 1. The highest BCUT2D eigenvalue weighted by Crippen LogP contribution is 2.28. The molecule has 0 aromatic heterocycles. The first-order chi connectivity index (χ1) is 6.68. The molecule has 2 heteroatoms. The van der Waals surface area contributed by atoms with Crippen LogP contribution in [0.1, 0.15) is 23.6 Å². The maximum atomic E-state index is 3.45. The standard InChI is InChI=1S/C12H18N2/c1-9-4-5-10(14(2)3)8-11(9)12-6-7-13-12/h4-5,8,12-13H,6-7H2,1-3H3. The van der Waals surface area contributed by atoms with Crippen LogP contribution in [0.15, 0.2) is 18.2 Å². The summed E-state index contributed by atoms with van der Waals surface area (Å²) >= 11 is 0. The molecule has 1 unspecified atom stereocenters. The molecule has 1 heterocycles. The Labute approximate surface area is 85.9 Å². The molecule has 0 radical (unpaired) electrons. The van der Waals surface area contributed by atoms with E-state index in [1.807, 2.05) is 0 Å². The Morgan fingerprint density at radius 2 is 2.07 bits per heavy atom. The van der Waals surface area contributed by atoms with Crippen molar-refractivity contribution >= 4 is 5.69 Å². The molecule has 1 N–H and O–H groups in total. The van der Waals surface area contributed by atoms with E-state index in [4.69, 9.17) is 0 Å². The average Bonchev–Trinajstić information content (AvgIpc) is 2.05. The van der Waals surface area contributed by atoms with Crippen LogP contribution in [-0.4, -0.2) is 20.6 Å². The van der Waals surface area contributed by atoms with Crippen LogP contribution in [0, 0.1) is 6.92 Å². The lowest BCUT2D eigenvalue weighted by atomic mass is 9.93. The molecule has 14 heavy (non-hydrogen) atoms. The van der Waals surface area contributed by atoms with Gasteiger partial charge in [-0.25, -0.2) is 0 Å². The number of nitrogens with zero attached hydrogens (tertiary/aromatic N) is 1. The van der Waals surface area contributed by atoms with Gasteiger partial charge in [-0.2, -0.15) is 0 Å². The summed E-state index contributed by atoms with van der Waals surface area (Å²) in [5.41, 5.74) is 4.15. The molecule has 0 spiro atoms. The fraction of sp³-hybridized carbons (Fsp3) is 0.500. The first-order valence-corrected chi connectivity index (χ1v) is 5.20. The second-order valence-electron chi connectivity index (χ2n) is 4.23. The number of aryl methyl sites for hydroxylation is 1. The third-order valence-corrected chi connectivity index (χ3v) is 2.98. The van der Waals surface area contributed by atoms with E-state index < -0.39 is 0 Å². The van der Waals surface area contributed by atoms with Crippen LogP contribution in [0.2, 0.25) is 0 Å². The van der Waals surface area contributed by atoms with Crippen LogP contribution in [0.4, 0.5) is 5.69 Å². The average molecular weight is 190 g/mol. The maximum absolute atomic E-state index is 3.45. The van der Waals surface area contributed by atoms with E-state index >= 15 is 0 Å². The molecule has 0 saturated carbocycles. The van der Waals surface area contributed by atoms with Crippen molar-refractivity contribution in [3.63, 3.8) is 0 Å². The minimum atomic E-state index is 0.592. The molecule has 1 aliphatic heterocycles. The summed E-state index contributed by atoms with van der Waals surface area (Å²) in [6, 6.07) is 7.28. The zero-order valence-corrected chi connectivity index (χ0v) is 9.17. The van der Waals surface area contributed by atoms with Crippen LogP contribution in [0.3, 0.4) is 0 Å². The minimum absolute atomic E-state index is 0.592. The summed E-state index contributed by atoms with van der Waals surface area (Å²) in [7, 11) is 4.17. The number of hydrogen-bond acceptors (Lipinski definition) is 2. The third kappa shape index (κ3) is 1.62. The highest BCUT2D eigenvalue weighted by Gasteiger charge is 2.20. The highest BCUT2D eigenvalue weighted by molar-refractivity contribution is 5.50. The molecule has 1 aromatic carbocycles. The van der Waals surface area contributed by atoms with Gasteiger partial charge >= 0.3 is 0 Å². The molecule has 76 valence electrons. The fourth-order valence-corrected chi connectivity index (χ4v) is 1.84. The number of nitrogens with one attached hydrogen (secondary N) is 1. The number of anilines is 1. The van der Waals surface area contributed by atoms with Crippen LogP contribution in [0.5, 0.6) is 0 Å². The molecule has 1 atom stereocenters. The lowest BCUT2D eigenvalue weighted by Gasteiger charge is -2.30. The molecule has 0 bridgehead atoms. The third-order valence-electron chi connectivity index (χ3n) is 2.98.